The number of hydrogen-bond donors (Lipinski definition) is 2. The minimum absolute atomic E-state index is 0.235. The predicted molar refractivity (Wildman–Crippen MR) is 95.2 cm³/mol. The zero-order valence-corrected chi connectivity index (χ0v) is 16.0. The molecule has 2 heterocycles. The molecule has 2 N–H and O–H groups in total. The average molecular weight is 373 g/mol. The number of ether oxygens (including phenoxy) is 1. The summed E-state index contributed by atoms with van der Waals surface area (Å²) in [6.45, 7) is 7.78. The van der Waals surface area contributed by atoms with Crippen molar-refractivity contribution in [2.45, 2.75) is 39.8 Å². The lowest BCUT2D eigenvalue weighted by molar-refractivity contribution is 0.00167. The van der Waals surface area contributed by atoms with Gasteiger partial charge in [0.05, 0.1) is 36.0 Å². The Kier molecular flexibility index (Phi) is 6.42. The van der Waals surface area contributed by atoms with Crippen molar-refractivity contribution in [1.29, 1.82) is 0 Å². The third-order valence-electron chi connectivity index (χ3n) is 4.12. The van der Waals surface area contributed by atoms with Crippen molar-refractivity contribution >= 4 is 21.7 Å². The van der Waals surface area contributed by atoms with Crippen LogP contribution < -0.4 is 10.6 Å². The maximum atomic E-state index is 12.2. The lowest BCUT2D eigenvalue weighted by atomic mass is 10.3. The van der Waals surface area contributed by atoms with Gasteiger partial charge in [-0.3, -0.25) is 4.68 Å². The number of nitrogens with one attached hydrogen (secondary N) is 2. The van der Waals surface area contributed by atoms with Gasteiger partial charge >= 0.3 is 6.03 Å². The molecule has 1 fully saturated rings. The number of rotatable bonds is 6. The predicted octanol–water partition coefficient (Wildman–Crippen LogP) is 0.692. The normalized spacial score (nSPS) is 19.0. The molecular weight excluding hydrogens is 346 g/mol. The van der Waals surface area contributed by atoms with E-state index in [1.807, 2.05) is 18.5 Å². The molecule has 1 unspecified atom stereocenters. The first-order chi connectivity index (χ1) is 11.7. The Morgan fingerprint density at radius 3 is 2.76 bits per heavy atom. The zero-order valence-electron chi connectivity index (χ0n) is 15.2. The van der Waals surface area contributed by atoms with E-state index in [2.05, 4.69) is 22.7 Å². The summed E-state index contributed by atoms with van der Waals surface area (Å²) in [6.07, 6.45) is 1.78. The van der Waals surface area contributed by atoms with Gasteiger partial charge in [-0.1, -0.05) is 6.92 Å². The number of sulfonamides is 1. The van der Waals surface area contributed by atoms with Crippen LogP contribution in [0.4, 0.5) is 10.5 Å². The summed E-state index contributed by atoms with van der Waals surface area (Å²) in [5.41, 5.74) is 2.37. The molecule has 1 saturated heterocycles. The van der Waals surface area contributed by atoms with Gasteiger partial charge in [-0.15, -0.1) is 0 Å². The van der Waals surface area contributed by atoms with Crippen LogP contribution in [0.1, 0.15) is 24.7 Å². The number of carbonyl (C=O) groups excluding carboxylic acids is 1. The van der Waals surface area contributed by atoms with Crippen molar-refractivity contribution in [2.24, 2.45) is 0 Å². The fourth-order valence-electron chi connectivity index (χ4n) is 2.79. The summed E-state index contributed by atoms with van der Waals surface area (Å²) in [5, 5.41) is 9.97. The quantitative estimate of drug-likeness (QED) is 0.763. The first-order valence-corrected chi connectivity index (χ1v) is 10.2. The zero-order chi connectivity index (χ0) is 18.6. The highest BCUT2D eigenvalue weighted by Crippen LogP contribution is 2.19. The Balaban J connectivity index is 1.89. The SMILES string of the molecule is CCCn1nc(C)c(NC(=O)NCC2CN(S(C)(=O)=O)CCO2)c1C. The second-order valence-electron chi connectivity index (χ2n) is 6.22. The number of aromatic nitrogens is 2. The van der Waals surface area contributed by atoms with Crippen molar-refractivity contribution in [3.8, 4) is 0 Å². The molecule has 0 bridgehead atoms. The van der Waals surface area contributed by atoms with Gasteiger partial charge in [-0.05, 0) is 20.3 Å². The van der Waals surface area contributed by atoms with E-state index in [1.54, 1.807) is 0 Å². The fraction of sp³-hybridized carbons (Fsp3) is 0.733. The van der Waals surface area contributed by atoms with Crippen LogP contribution in [0.15, 0.2) is 0 Å². The highest BCUT2D eigenvalue weighted by Gasteiger charge is 2.26. The number of amides is 2. The van der Waals surface area contributed by atoms with Crippen molar-refractivity contribution in [3.63, 3.8) is 0 Å². The molecule has 1 aromatic rings. The fourth-order valence-corrected chi connectivity index (χ4v) is 3.63. The Bertz CT molecular complexity index is 716. The third-order valence-corrected chi connectivity index (χ3v) is 5.39. The molecule has 142 valence electrons. The van der Waals surface area contributed by atoms with Crippen molar-refractivity contribution in [1.82, 2.24) is 19.4 Å². The van der Waals surface area contributed by atoms with Gasteiger partial charge in [-0.25, -0.2) is 13.2 Å². The average Bonchev–Trinajstić information content (AvgIpc) is 2.80. The highest BCUT2D eigenvalue weighted by atomic mass is 32.2. The Hall–Kier alpha value is -1.65. The van der Waals surface area contributed by atoms with Crippen LogP contribution in [0.25, 0.3) is 0 Å². The van der Waals surface area contributed by atoms with Crippen LogP contribution in [-0.4, -0.2) is 67.1 Å². The number of hydrogen-bond acceptors (Lipinski definition) is 5. The standard InChI is InChI=1S/C15H27N5O4S/c1-5-6-20-12(3)14(11(2)18-20)17-15(21)16-9-13-10-19(7-8-24-13)25(4,22)23/h13H,5-10H2,1-4H3,(H2,16,17,21). The van der Waals surface area contributed by atoms with E-state index in [0.717, 1.165) is 24.4 Å². The molecule has 2 rings (SSSR count). The minimum atomic E-state index is -3.25. The van der Waals surface area contributed by atoms with Crippen LogP contribution in [0.3, 0.4) is 0 Å². The van der Waals surface area contributed by atoms with E-state index >= 15 is 0 Å². The molecule has 2 amide bonds. The number of urea groups is 1. The third kappa shape index (κ3) is 5.16. The molecule has 1 atom stereocenters. The summed E-state index contributed by atoms with van der Waals surface area (Å²) < 4.78 is 32.0. The van der Waals surface area contributed by atoms with Crippen molar-refractivity contribution in [3.05, 3.63) is 11.4 Å². The lowest BCUT2D eigenvalue weighted by Crippen LogP contribution is -2.49. The molecule has 1 aliphatic heterocycles. The van der Waals surface area contributed by atoms with Gasteiger partial charge < -0.3 is 15.4 Å². The molecule has 0 saturated carbocycles. The first kappa shape index (κ1) is 19.7. The molecule has 0 aliphatic carbocycles. The maximum absolute atomic E-state index is 12.2. The number of anilines is 1. The van der Waals surface area contributed by atoms with Crippen molar-refractivity contribution in [2.75, 3.05) is 37.8 Å². The lowest BCUT2D eigenvalue weighted by Gasteiger charge is -2.31. The minimum Gasteiger partial charge on any atom is -0.374 e. The number of nitrogens with zero attached hydrogens (tertiary/aromatic N) is 3. The first-order valence-electron chi connectivity index (χ1n) is 8.38. The Labute approximate surface area is 148 Å². The topological polar surface area (TPSA) is 106 Å². The largest absolute Gasteiger partial charge is 0.374 e. The monoisotopic (exact) mass is 373 g/mol. The van der Waals surface area contributed by atoms with E-state index < -0.39 is 10.0 Å². The van der Waals surface area contributed by atoms with E-state index in [-0.39, 0.29) is 25.2 Å². The Morgan fingerprint density at radius 2 is 2.12 bits per heavy atom. The van der Waals surface area contributed by atoms with E-state index in [1.165, 1.54) is 10.6 Å². The molecule has 1 aliphatic rings. The van der Waals surface area contributed by atoms with Crippen LogP contribution >= 0.6 is 0 Å². The molecule has 0 aromatic carbocycles. The van der Waals surface area contributed by atoms with E-state index in [9.17, 15) is 13.2 Å². The second kappa shape index (κ2) is 8.15. The maximum Gasteiger partial charge on any atom is 0.319 e. The van der Waals surface area contributed by atoms with Crippen LogP contribution in [0.2, 0.25) is 0 Å². The molecular formula is C15H27N5O4S. The van der Waals surface area contributed by atoms with Crippen LogP contribution in [0.5, 0.6) is 0 Å². The summed E-state index contributed by atoms with van der Waals surface area (Å²) in [5.74, 6) is 0. The summed E-state index contributed by atoms with van der Waals surface area (Å²) in [7, 11) is -3.25. The number of carbonyl (C=O) groups is 1. The molecule has 9 nitrogen and oxygen atoms in total. The smallest absolute Gasteiger partial charge is 0.319 e. The van der Waals surface area contributed by atoms with Gasteiger partial charge in [0, 0.05) is 26.2 Å². The van der Waals surface area contributed by atoms with Gasteiger partial charge in [0.15, 0.2) is 0 Å². The van der Waals surface area contributed by atoms with Gasteiger partial charge in [-0.2, -0.15) is 9.40 Å². The summed E-state index contributed by atoms with van der Waals surface area (Å²) >= 11 is 0. The number of morpholine rings is 1. The Morgan fingerprint density at radius 1 is 1.40 bits per heavy atom. The van der Waals surface area contributed by atoms with Gasteiger partial charge in [0.1, 0.15) is 0 Å². The van der Waals surface area contributed by atoms with E-state index in [4.69, 9.17) is 4.74 Å². The van der Waals surface area contributed by atoms with Crippen molar-refractivity contribution < 1.29 is 17.9 Å². The second-order valence-corrected chi connectivity index (χ2v) is 8.20. The van der Waals surface area contributed by atoms with Crippen LogP contribution in [-0.2, 0) is 21.3 Å². The molecule has 10 heteroatoms. The number of aryl methyl sites for hydroxylation is 2. The molecule has 25 heavy (non-hydrogen) atoms. The van der Waals surface area contributed by atoms with E-state index in [0.29, 0.717) is 18.8 Å². The molecule has 0 spiro atoms. The summed E-state index contributed by atoms with van der Waals surface area (Å²) in [6, 6.07) is -0.359. The summed E-state index contributed by atoms with van der Waals surface area (Å²) in [4.78, 5) is 12.2. The van der Waals surface area contributed by atoms with Crippen LogP contribution in [0, 0.1) is 13.8 Å². The highest BCUT2D eigenvalue weighted by molar-refractivity contribution is 7.88. The molecule has 1 aromatic heterocycles. The van der Waals surface area contributed by atoms with Gasteiger partial charge in [0.25, 0.3) is 0 Å². The molecule has 0 radical (unpaired) electrons. The van der Waals surface area contributed by atoms with Gasteiger partial charge in [0.2, 0.25) is 10.0 Å².